The van der Waals surface area contributed by atoms with Gasteiger partial charge in [0.2, 0.25) is 5.82 Å². The number of nitrogens with one attached hydrogen (secondary N) is 1. The molecule has 1 aromatic carbocycles. The van der Waals surface area contributed by atoms with Crippen molar-refractivity contribution in [3.8, 4) is 22.5 Å². The van der Waals surface area contributed by atoms with Gasteiger partial charge in [-0.3, -0.25) is 14.5 Å². The monoisotopic (exact) mass is 429 g/mol. The summed E-state index contributed by atoms with van der Waals surface area (Å²) in [6.45, 7) is 0. The van der Waals surface area contributed by atoms with Crippen LogP contribution < -0.4 is 11.1 Å². The molecule has 3 N–H and O–H groups in total. The van der Waals surface area contributed by atoms with E-state index in [1.165, 1.54) is 30.5 Å². The second-order valence-corrected chi connectivity index (χ2v) is 6.51. The Morgan fingerprint density at radius 1 is 1.13 bits per heavy atom. The van der Waals surface area contributed by atoms with Gasteiger partial charge in [-0.05, 0) is 24.3 Å². The molecule has 3 heterocycles. The quantitative estimate of drug-likeness (QED) is 0.477. The molecule has 9 nitrogen and oxygen atoms in total. The molecule has 158 valence electrons. The first kappa shape index (κ1) is 20.1. The number of aromatic nitrogens is 5. The molecule has 0 aliphatic rings. The van der Waals surface area contributed by atoms with Gasteiger partial charge in [0.15, 0.2) is 0 Å². The number of aryl methyl sites for hydroxylation is 1. The summed E-state index contributed by atoms with van der Waals surface area (Å²) >= 11 is 0. The van der Waals surface area contributed by atoms with Crippen LogP contribution >= 0.6 is 0 Å². The Bertz CT molecular complexity index is 1250. The third-order valence-electron chi connectivity index (χ3n) is 4.26. The summed E-state index contributed by atoms with van der Waals surface area (Å²) in [5.74, 6) is -2.31. The molecule has 0 bridgehead atoms. The fraction of sp³-hybridized carbons (Fsp3) is 0.105. The van der Waals surface area contributed by atoms with Gasteiger partial charge in [0.25, 0.3) is 5.91 Å². The number of nitrogens with zero attached hydrogens (tertiary/aromatic N) is 5. The maximum Gasteiger partial charge on any atom is 0.471 e. The smallest absolute Gasteiger partial charge is 0.397 e. The number of carbonyl (C=O) groups is 1. The van der Waals surface area contributed by atoms with Crippen molar-refractivity contribution in [3.05, 3.63) is 60.5 Å². The van der Waals surface area contributed by atoms with Crippen molar-refractivity contribution in [2.24, 2.45) is 7.05 Å². The number of pyridine rings is 1. The van der Waals surface area contributed by atoms with Crippen molar-refractivity contribution >= 4 is 17.3 Å². The van der Waals surface area contributed by atoms with Crippen LogP contribution in [0.1, 0.15) is 16.4 Å². The van der Waals surface area contributed by atoms with Crippen molar-refractivity contribution < 1.29 is 22.5 Å². The molecular formula is C19H14F3N7O2. The highest BCUT2D eigenvalue weighted by molar-refractivity contribution is 6.05. The molecule has 4 rings (SSSR count). The zero-order chi connectivity index (χ0) is 22.2. The number of hydrogen-bond acceptors (Lipinski definition) is 7. The Labute approximate surface area is 172 Å². The molecule has 0 fully saturated rings. The number of carbonyl (C=O) groups excluding carboxylic acids is 1. The minimum absolute atomic E-state index is 0.122. The largest absolute Gasteiger partial charge is 0.471 e. The fourth-order valence-electron chi connectivity index (χ4n) is 2.72. The number of alkyl halides is 3. The summed E-state index contributed by atoms with van der Waals surface area (Å²) in [6, 6.07) is 7.43. The molecule has 0 aliphatic carbocycles. The van der Waals surface area contributed by atoms with Gasteiger partial charge >= 0.3 is 12.1 Å². The van der Waals surface area contributed by atoms with E-state index in [1.54, 1.807) is 24.0 Å². The van der Waals surface area contributed by atoms with Gasteiger partial charge in [-0.25, -0.2) is 0 Å². The van der Waals surface area contributed by atoms with E-state index in [-0.39, 0.29) is 28.5 Å². The van der Waals surface area contributed by atoms with Gasteiger partial charge in [-0.15, -0.1) is 0 Å². The molecule has 4 aromatic rings. The Hall–Kier alpha value is -4.22. The molecule has 3 aromatic heterocycles. The summed E-state index contributed by atoms with van der Waals surface area (Å²) < 4.78 is 43.9. The second kappa shape index (κ2) is 7.55. The maximum atomic E-state index is 12.7. The van der Waals surface area contributed by atoms with Gasteiger partial charge in [-0.1, -0.05) is 11.2 Å². The Morgan fingerprint density at radius 2 is 1.90 bits per heavy atom. The molecular weight excluding hydrogens is 415 g/mol. The van der Waals surface area contributed by atoms with Crippen LogP contribution in [-0.2, 0) is 13.2 Å². The number of benzene rings is 1. The standard InChI is InChI=1S/C19H14F3N7O2/c1-29-9-12(8-25-29)11-3-5-14(24-7-11)17(30)26-15-6-10(2-4-13(15)23)16-27-18(31-28-16)19(20,21)22/h2-9H,23H2,1H3,(H,26,30). The molecule has 0 aliphatic heterocycles. The second-order valence-electron chi connectivity index (χ2n) is 6.51. The number of hydrogen-bond donors (Lipinski definition) is 2. The van der Waals surface area contributed by atoms with Crippen molar-refractivity contribution in [2.45, 2.75) is 6.18 Å². The average molecular weight is 429 g/mol. The first-order valence-corrected chi connectivity index (χ1v) is 8.78. The van der Waals surface area contributed by atoms with Crippen LogP contribution in [0.15, 0.2) is 53.4 Å². The number of rotatable bonds is 4. The zero-order valence-electron chi connectivity index (χ0n) is 15.9. The maximum absolute atomic E-state index is 12.7. The van der Waals surface area contributed by atoms with Gasteiger partial charge in [0.1, 0.15) is 5.69 Å². The highest BCUT2D eigenvalue weighted by atomic mass is 19.4. The van der Waals surface area contributed by atoms with Gasteiger partial charge in [0.05, 0.1) is 17.6 Å². The Morgan fingerprint density at radius 3 is 2.52 bits per heavy atom. The van der Waals surface area contributed by atoms with Gasteiger partial charge in [-0.2, -0.15) is 23.3 Å². The minimum Gasteiger partial charge on any atom is -0.397 e. The van der Waals surface area contributed by atoms with Crippen LogP contribution in [0, 0.1) is 0 Å². The van der Waals surface area contributed by atoms with Crippen LogP contribution in [0.3, 0.4) is 0 Å². The predicted octanol–water partition coefficient (Wildman–Crippen LogP) is 3.39. The number of anilines is 2. The minimum atomic E-state index is -4.76. The molecule has 12 heteroatoms. The van der Waals surface area contributed by atoms with Crippen LogP contribution in [0.25, 0.3) is 22.5 Å². The molecule has 0 saturated heterocycles. The average Bonchev–Trinajstić information content (AvgIpc) is 3.39. The predicted molar refractivity (Wildman–Crippen MR) is 104 cm³/mol. The number of nitrogens with two attached hydrogens (primary N) is 1. The number of halogens is 3. The lowest BCUT2D eigenvalue weighted by Gasteiger charge is -2.09. The number of nitrogen functional groups attached to an aromatic ring is 1. The third-order valence-corrected chi connectivity index (χ3v) is 4.26. The summed E-state index contributed by atoms with van der Waals surface area (Å²) in [4.78, 5) is 20.0. The van der Waals surface area contributed by atoms with Crippen LogP contribution in [-0.4, -0.2) is 30.8 Å². The van der Waals surface area contributed by atoms with Crippen LogP contribution in [0.5, 0.6) is 0 Å². The molecule has 0 unspecified atom stereocenters. The van der Waals surface area contributed by atoms with Crippen LogP contribution in [0.2, 0.25) is 0 Å². The van der Waals surface area contributed by atoms with E-state index in [9.17, 15) is 18.0 Å². The lowest BCUT2D eigenvalue weighted by atomic mass is 10.1. The molecule has 31 heavy (non-hydrogen) atoms. The van der Waals surface area contributed by atoms with E-state index in [4.69, 9.17) is 5.73 Å². The van der Waals surface area contributed by atoms with E-state index in [0.717, 1.165) is 11.1 Å². The zero-order valence-corrected chi connectivity index (χ0v) is 15.9. The number of amides is 1. The molecule has 0 atom stereocenters. The van der Waals surface area contributed by atoms with Crippen molar-refractivity contribution in [1.29, 1.82) is 0 Å². The van der Waals surface area contributed by atoms with Gasteiger partial charge in [0, 0.05) is 36.1 Å². The summed E-state index contributed by atoms with van der Waals surface area (Å²) in [6.07, 6.45) is 0.254. The molecule has 0 spiro atoms. The van der Waals surface area contributed by atoms with Crippen LogP contribution in [0.4, 0.5) is 24.5 Å². The summed E-state index contributed by atoms with van der Waals surface area (Å²) in [7, 11) is 1.79. The first-order valence-electron chi connectivity index (χ1n) is 8.78. The van der Waals surface area contributed by atoms with Crippen molar-refractivity contribution in [3.63, 3.8) is 0 Å². The lowest BCUT2D eigenvalue weighted by Crippen LogP contribution is -2.14. The first-order chi connectivity index (χ1) is 14.7. The van der Waals surface area contributed by atoms with Crippen molar-refractivity contribution in [2.75, 3.05) is 11.1 Å². The van der Waals surface area contributed by atoms with E-state index in [0.29, 0.717) is 0 Å². The summed E-state index contributed by atoms with van der Waals surface area (Å²) in [5.41, 5.74) is 8.18. The highest BCUT2D eigenvalue weighted by Gasteiger charge is 2.38. The SMILES string of the molecule is Cn1cc(-c2ccc(C(=O)Nc3cc(-c4noc(C(F)(F)F)n4)ccc3N)nc2)cn1. The van der Waals surface area contributed by atoms with E-state index < -0.39 is 18.0 Å². The highest BCUT2D eigenvalue weighted by Crippen LogP contribution is 2.31. The normalized spacial score (nSPS) is 11.5. The molecule has 0 saturated carbocycles. The molecule has 1 amide bonds. The Kier molecular flexibility index (Phi) is 4.89. The fourth-order valence-corrected chi connectivity index (χ4v) is 2.72. The van der Waals surface area contributed by atoms with E-state index in [1.807, 2.05) is 6.20 Å². The van der Waals surface area contributed by atoms with E-state index >= 15 is 0 Å². The Balaban J connectivity index is 1.54. The lowest BCUT2D eigenvalue weighted by molar-refractivity contribution is -0.159. The van der Waals surface area contributed by atoms with E-state index in [2.05, 4.69) is 30.1 Å². The summed E-state index contributed by atoms with van der Waals surface area (Å²) in [5, 5.41) is 9.99. The topological polar surface area (TPSA) is 125 Å². The van der Waals surface area contributed by atoms with Crippen molar-refractivity contribution in [1.82, 2.24) is 24.9 Å². The molecule has 0 radical (unpaired) electrons. The third kappa shape index (κ3) is 4.22. The van der Waals surface area contributed by atoms with Gasteiger partial charge < -0.3 is 15.6 Å².